The van der Waals surface area contributed by atoms with Gasteiger partial charge in [-0.2, -0.15) is 10.2 Å². The summed E-state index contributed by atoms with van der Waals surface area (Å²) in [6.45, 7) is 6.42. The lowest BCUT2D eigenvalue weighted by Gasteiger charge is -2.01. The van der Waals surface area contributed by atoms with Gasteiger partial charge in [0, 0.05) is 11.6 Å². The Kier molecular flexibility index (Phi) is 4.03. The van der Waals surface area contributed by atoms with Crippen molar-refractivity contribution in [1.82, 2.24) is 15.2 Å². The molecule has 18 heavy (non-hydrogen) atoms. The van der Waals surface area contributed by atoms with Crippen molar-refractivity contribution in [2.45, 2.75) is 33.6 Å². The van der Waals surface area contributed by atoms with E-state index >= 15 is 0 Å². The molecule has 0 spiro atoms. The Labute approximate surface area is 108 Å². The van der Waals surface area contributed by atoms with Crippen molar-refractivity contribution in [3.8, 4) is 0 Å². The average Bonchev–Trinajstić information content (AvgIpc) is 2.35. The average molecular weight is 241 g/mol. The van der Waals surface area contributed by atoms with Crippen molar-refractivity contribution in [3.05, 3.63) is 35.8 Å². The van der Waals surface area contributed by atoms with Gasteiger partial charge in [-0.3, -0.25) is 4.98 Å². The minimum Gasteiger partial charge on any atom is -0.254 e. The lowest BCUT2D eigenvalue weighted by atomic mass is 10.1. The molecule has 0 fully saturated rings. The van der Waals surface area contributed by atoms with Crippen molar-refractivity contribution in [1.29, 1.82) is 0 Å². The summed E-state index contributed by atoms with van der Waals surface area (Å²) in [6.07, 6.45) is 10.3. The Morgan fingerprint density at radius 1 is 1.28 bits per heavy atom. The summed E-state index contributed by atoms with van der Waals surface area (Å²) >= 11 is 0. The van der Waals surface area contributed by atoms with E-state index in [0.717, 1.165) is 34.5 Å². The van der Waals surface area contributed by atoms with E-state index < -0.39 is 0 Å². The molecule has 0 unspecified atom stereocenters. The molecule has 2 aromatic rings. The smallest absolute Gasteiger partial charge is 0.0949 e. The van der Waals surface area contributed by atoms with Gasteiger partial charge in [0.1, 0.15) is 0 Å². The number of hydrogen-bond donors (Lipinski definition) is 0. The third-order valence-electron chi connectivity index (χ3n) is 2.91. The molecule has 0 aliphatic rings. The molecule has 0 bridgehead atoms. The first-order valence-corrected chi connectivity index (χ1v) is 6.41. The van der Waals surface area contributed by atoms with Crippen LogP contribution in [-0.2, 0) is 0 Å². The fraction of sp³-hybridized carbons (Fsp3) is 0.400. The van der Waals surface area contributed by atoms with Crippen LogP contribution in [0.1, 0.15) is 37.9 Å². The van der Waals surface area contributed by atoms with Gasteiger partial charge < -0.3 is 0 Å². The molecule has 0 atom stereocenters. The number of aromatic nitrogens is 3. The Bertz CT molecular complexity index is 559. The van der Waals surface area contributed by atoms with Gasteiger partial charge in [0.15, 0.2) is 0 Å². The molecule has 2 rings (SSSR count). The predicted octanol–water partition coefficient (Wildman–Crippen LogP) is 3.78. The topological polar surface area (TPSA) is 38.7 Å². The van der Waals surface area contributed by atoms with Gasteiger partial charge >= 0.3 is 0 Å². The van der Waals surface area contributed by atoms with Gasteiger partial charge in [-0.1, -0.05) is 26.0 Å². The van der Waals surface area contributed by atoms with E-state index in [4.69, 9.17) is 0 Å². The summed E-state index contributed by atoms with van der Waals surface area (Å²) in [5.41, 5.74) is 2.94. The predicted molar refractivity (Wildman–Crippen MR) is 75.2 cm³/mol. The molecule has 2 aromatic heterocycles. The molecule has 0 aliphatic carbocycles. The van der Waals surface area contributed by atoms with E-state index in [1.165, 1.54) is 6.42 Å². The van der Waals surface area contributed by atoms with Gasteiger partial charge in [0.2, 0.25) is 0 Å². The highest BCUT2D eigenvalue weighted by atomic mass is 15.1. The van der Waals surface area contributed by atoms with Crippen LogP contribution in [0.15, 0.2) is 24.5 Å². The number of allylic oxidation sites excluding steroid dienone is 1. The molecular formula is C15H19N3. The van der Waals surface area contributed by atoms with Crippen LogP contribution < -0.4 is 0 Å². The lowest BCUT2D eigenvalue weighted by molar-refractivity contribution is 0.595. The van der Waals surface area contributed by atoms with E-state index in [-0.39, 0.29) is 0 Å². The summed E-state index contributed by atoms with van der Waals surface area (Å²) in [5, 5.41) is 9.01. The third-order valence-corrected chi connectivity index (χ3v) is 2.91. The van der Waals surface area contributed by atoms with Gasteiger partial charge in [-0.15, -0.1) is 0 Å². The number of pyridine rings is 1. The van der Waals surface area contributed by atoms with Gasteiger partial charge in [0.25, 0.3) is 0 Å². The van der Waals surface area contributed by atoms with Gasteiger partial charge in [-0.05, 0) is 37.3 Å². The molecule has 0 amide bonds. The van der Waals surface area contributed by atoms with Crippen molar-refractivity contribution < 1.29 is 0 Å². The lowest BCUT2D eigenvalue weighted by Crippen LogP contribution is -1.91. The molecule has 0 aliphatic heterocycles. The highest BCUT2D eigenvalue weighted by Crippen LogP contribution is 2.15. The zero-order chi connectivity index (χ0) is 13.0. The van der Waals surface area contributed by atoms with E-state index in [0.29, 0.717) is 0 Å². The second kappa shape index (κ2) is 5.71. The normalized spacial score (nSPS) is 11.8. The molecule has 0 saturated heterocycles. The van der Waals surface area contributed by atoms with E-state index in [9.17, 15) is 0 Å². The summed E-state index contributed by atoms with van der Waals surface area (Å²) in [4.78, 5) is 4.44. The highest BCUT2D eigenvalue weighted by Gasteiger charge is 2.00. The highest BCUT2D eigenvalue weighted by molar-refractivity contribution is 5.81. The van der Waals surface area contributed by atoms with Crippen LogP contribution in [0.2, 0.25) is 0 Å². The van der Waals surface area contributed by atoms with E-state index in [2.05, 4.69) is 47.2 Å². The maximum atomic E-state index is 4.44. The van der Waals surface area contributed by atoms with Crippen LogP contribution in [0, 0.1) is 12.8 Å². The second-order valence-corrected chi connectivity index (χ2v) is 5.01. The monoisotopic (exact) mass is 241 g/mol. The number of aryl methyl sites for hydroxylation is 1. The standard InChI is InChI=1S/C15H19N3/c1-11(2)6-4-5-7-13-8-14-10-17-18-12(3)15(14)16-9-13/h5,7-11H,4,6H2,1-3H3/b7-5-. The summed E-state index contributed by atoms with van der Waals surface area (Å²) in [7, 11) is 0. The second-order valence-electron chi connectivity index (χ2n) is 5.01. The summed E-state index contributed by atoms with van der Waals surface area (Å²) in [5.74, 6) is 0.752. The summed E-state index contributed by atoms with van der Waals surface area (Å²) < 4.78 is 0. The third kappa shape index (κ3) is 3.13. The molecule has 0 radical (unpaired) electrons. The fourth-order valence-electron chi connectivity index (χ4n) is 1.86. The molecule has 0 aromatic carbocycles. The van der Waals surface area contributed by atoms with Crippen LogP contribution in [0.3, 0.4) is 0 Å². The molecule has 94 valence electrons. The van der Waals surface area contributed by atoms with Gasteiger partial charge in [-0.25, -0.2) is 0 Å². The van der Waals surface area contributed by atoms with Crippen molar-refractivity contribution in [3.63, 3.8) is 0 Å². The summed E-state index contributed by atoms with van der Waals surface area (Å²) in [6, 6.07) is 2.11. The molecule has 2 heterocycles. The van der Waals surface area contributed by atoms with E-state index in [1.54, 1.807) is 6.20 Å². The van der Waals surface area contributed by atoms with Crippen LogP contribution in [0.25, 0.3) is 17.0 Å². The Morgan fingerprint density at radius 2 is 2.11 bits per heavy atom. The zero-order valence-corrected chi connectivity index (χ0v) is 11.2. The molecule has 3 heteroatoms. The van der Waals surface area contributed by atoms with Crippen molar-refractivity contribution >= 4 is 17.0 Å². The Balaban J connectivity index is 2.15. The first-order chi connectivity index (χ1) is 8.66. The first kappa shape index (κ1) is 12.7. The minimum absolute atomic E-state index is 0.752. The molecule has 0 N–H and O–H groups in total. The maximum absolute atomic E-state index is 4.44. The quantitative estimate of drug-likeness (QED) is 0.817. The maximum Gasteiger partial charge on any atom is 0.0949 e. The van der Waals surface area contributed by atoms with Crippen LogP contribution >= 0.6 is 0 Å². The van der Waals surface area contributed by atoms with Crippen LogP contribution in [0.4, 0.5) is 0 Å². The number of nitrogens with zero attached hydrogens (tertiary/aromatic N) is 3. The van der Waals surface area contributed by atoms with Crippen molar-refractivity contribution in [2.75, 3.05) is 0 Å². The molecular weight excluding hydrogens is 222 g/mol. The van der Waals surface area contributed by atoms with Crippen molar-refractivity contribution in [2.24, 2.45) is 5.92 Å². The number of fused-ring (bicyclic) bond motifs is 1. The molecule has 0 saturated carbocycles. The number of hydrogen-bond acceptors (Lipinski definition) is 3. The SMILES string of the molecule is Cc1nncc2cc(/C=C\CCC(C)C)cnc12. The van der Waals surface area contributed by atoms with Crippen LogP contribution in [0.5, 0.6) is 0 Å². The largest absolute Gasteiger partial charge is 0.254 e. The molecule has 3 nitrogen and oxygen atoms in total. The Hall–Kier alpha value is -1.77. The van der Waals surface area contributed by atoms with Crippen LogP contribution in [-0.4, -0.2) is 15.2 Å². The van der Waals surface area contributed by atoms with Gasteiger partial charge in [0.05, 0.1) is 17.4 Å². The Morgan fingerprint density at radius 3 is 2.89 bits per heavy atom. The first-order valence-electron chi connectivity index (χ1n) is 6.41. The number of rotatable bonds is 4. The fourth-order valence-corrected chi connectivity index (χ4v) is 1.86. The zero-order valence-electron chi connectivity index (χ0n) is 11.2. The minimum atomic E-state index is 0.752. The van der Waals surface area contributed by atoms with E-state index in [1.807, 2.05) is 13.1 Å².